The quantitative estimate of drug-likeness (QED) is 0.292. The summed E-state index contributed by atoms with van der Waals surface area (Å²) >= 11 is 0. The Morgan fingerprint density at radius 3 is 2.06 bits per heavy atom. The fraction of sp³-hybridized carbons (Fsp3) is 0.875. The summed E-state index contributed by atoms with van der Waals surface area (Å²) in [6, 6.07) is -0.761. The van der Waals surface area contributed by atoms with Gasteiger partial charge in [0.05, 0.1) is 6.54 Å². The van der Waals surface area contributed by atoms with E-state index in [1.54, 1.807) is 20.8 Å². The number of nitrogens with one attached hydrogen (secondary N) is 2. The summed E-state index contributed by atoms with van der Waals surface area (Å²) in [7, 11) is 0. The highest BCUT2D eigenvalue weighted by Crippen LogP contribution is 2.14. The third-order valence-corrected chi connectivity index (χ3v) is 5.29. The Morgan fingerprint density at radius 2 is 1.52 bits per heavy atom. The van der Waals surface area contributed by atoms with Crippen LogP contribution in [-0.2, 0) is 19.1 Å². The zero-order chi connectivity index (χ0) is 23.1. The first-order valence-corrected chi connectivity index (χ1v) is 12.2. The molecule has 1 rings (SSSR count). The lowest BCUT2D eigenvalue weighted by Gasteiger charge is -2.30. The minimum Gasteiger partial charge on any atom is -0.460 e. The third-order valence-electron chi connectivity index (χ3n) is 5.29. The largest absolute Gasteiger partial charge is 0.460 e. The van der Waals surface area contributed by atoms with Gasteiger partial charge in [-0.3, -0.25) is 9.59 Å². The van der Waals surface area contributed by atoms with Crippen LogP contribution in [0.1, 0.15) is 111 Å². The number of hydrogen-bond acceptors (Lipinski definition) is 5. The minimum absolute atomic E-state index is 0.243. The SMILES string of the molecule is CCCCCCCCCCCCCC(=O)O[C@H]1CNC(=O)[C@H](NC(=O)OC(C)(C)C)C1. The van der Waals surface area contributed by atoms with Gasteiger partial charge in [-0.1, -0.05) is 71.1 Å². The highest BCUT2D eigenvalue weighted by Gasteiger charge is 2.32. The summed E-state index contributed by atoms with van der Waals surface area (Å²) < 4.78 is 10.7. The van der Waals surface area contributed by atoms with Gasteiger partial charge in [-0.2, -0.15) is 0 Å². The zero-order valence-electron chi connectivity index (χ0n) is 20.1. The molecule has 7 heteroatoms. The van der Waals surface area contributed by atoms with Crippen LogP contribution >= 0.6 is 0 Å². The van der Waals surface area contributed by atoms with Crippen molar-refractivity contribution in [2.24, 2.45) is 0 Å². The van der Waals surface area contributed by atoms with Crippen LogP contribution in [-0.4, -0.2) is 42.3 Å². The van der Waals surface area contributed by atoms with Gasteiger partial charge in [-0.25, -0.2) is 4.79 Å². The molecular formula is C24H44N2O5. The van der Waals surface area contributed by atoms with Gasteiger partial charge in [0.15, 0.2) is 0 Å². The Bertz CT molecular complexity index is 545. The van der Waals surface area contributed by atoms with Crippen LogP contribution in [0.15, 0.2) is 0 Å². The van der Waals surface area contributed by atoms with E-state index in [-0.39, 0.29) is 24.8 Å². The maximum absolute atomic E-state index is 12.1. The average molecular weight is 441 g/mol. The van der Waals surface area contributed by atoms with Gasteiger partial charge >= 0.3 is 12.1 Å². The van der Waals surface area contributed by atoms with Crippen LogP contribution in [0.25, 0.3) is 0 Å². The first-order chi connectivity index (χ1) is 14.7. The number of alkyl carbamates (subject to hydrolysis) is 1. The molecule has 0 aromatic carbocycles. The number of unbranched alkanes of at least 4 members (excludes halogenated alkanes) is 10. The van der Waals surface area contributed by atoms with E-state index in [9.17, 15) is 14.4 Å². The summed E-state index contributed by atoms with van der Waals surface area (Å²) in [5, 5.41) is 5.24. The van der Waals surface area contributed by atoms with Gasteiger partial charge < -0.3 is 20.1 Å². The van der Waals surface area contributed by atoms with Crippen LogP contribution in [0.2, 0.25) is 0 Å². The molecule has 0 aromatic heterocycles. The molecule has 1 saturated heterocycles. The van der Waals surface area contributed by atoms with Gasteiger partial charge in [0, 0.05) is 12.8 Å². The van der Waals surface area contributed by atoms with E-state index in [1.807, 2.05) is 0 Å². The second-order valence-corrected chi connectivity index (χ2v) is 9.58. The van der Waals surface area contributed by atoms with Crippen molar-refractivity contribution in [2.75, 3.05) is 6.54 Å². The number of carbonyl (C=O) groups excluding carboxylic acids is 3. The number of rotatable bonds is 14. The molecule has 2 amide bonds. The number of esters is 1. The molecule has 7 nitrogen and oxygen atoms in total. The Balaban J connectivity index is 2.13. The lowest BCUT2D eigenvalue weighted by Crippen LogP contribution is -2.56. The molecule has 0 saturated carbocycles. The second-order valence-electron chi connectivity index (χ2n) is 9.58. The average Bonchev–Trinajstić information content (AvgIpc) is 2.67. The molecule has 0 unspecified atom stereocenters. The van der Waals surface area contributed by atoms with E-state index in [4.69, 9.17) is 9.47 Å². The zero-order valence-corrected chi connectivity index (χ0v) is 20.1. The van der Waals surface area contributed by atoms with Crippen LogP contribution < -0.4 is 10.6 Å². The first kappa shape index (κ1) is 27.2. The van der Waals surface area contributed by atoms with E-state index >= 15 is 0 Å². The van der Waals surface area contributed by atoms with Crippen LogP contribution in [0.5, 0.6) is 0 Å². The van der Waals surface area contributed by atoms with Crippen molar-refractivity contribution in [1.82, 2.24) is 10.6 Å². The van der Waals surface area contributed by atoms with Gasteiger partial charge in [0.25, 0.3) is 0 Å². The van der Waals surface area contributed by atoms with E-state index < -0.39 is 23.8 Å². The topological polar surface area (TPSA) is 93.7 Å². The maximum Gasteiger partial charge on any atom is 0.408 e. The summed E-state index contributed by atoms with van der Waals surface area (Å²) in [4.78, 5) is 36.0. The number of hydrogen-bond donors (Lipinski definition) is 2. The summed E-state index contributed by atoms with van der Waals surface area (Å²) in [6.45, 7) is 7.78. The molecule has 1 fully saturated rings. The van der Waals surface area contributed by atoms with Crippen molar-refractivity contribution in [1.29, 1.82) is 0 Å². The first-order valence-electron chi connectivity index (χ1n) is 12.2. The number of piperidine rings is 1. The minimum atomic E-state index is -0.761. The fourth-order valence-corrected chi connectivity index (χ4v) is 3.63. The van der Waals surface area contributed by atoms with Crippen molar-refractivity contribution >= 4 is 18.0 Å². The Kier molecular flexibility index (Phi) is 13.3. The predicted molar refractivity (Wildman–Crippen MR) is 122 cm³/mol. The standard InChI is InChI=1S/C24H44N2O5/c1-5-6-7-8-9-10-11-12-13-14-15-16-21(27)30-19-17-20(22(28)25-18-19)26-23(29)31-24(2,3)4/h19-20H,5-18H2,1-4H3,(H,25,28)(H,26,29)/t19-,20-/m1/s1. The molecule has 180 valence electrons. The van der Waals surface area contributed by atoms with Crippen molar-refractivity contribution in [2.45, 2.75) is 129 Å². The fourth-order valence-electron chi connectivity index (χ4n) is 3.63. The van der Waals surface area contributed by atoms with E-state index in [1.165, 1.54) is 51.4 Å². The van der Waals surface area contributed by atoms with Gasteiger partial charge in [0.1, 0.15) is 17.7 Å². The molecule has 2 atom stereocenters. The molecule has 0 aromatic rings. The predicted octanol–water partition coefficient (Wildman–Crippen LogP) is 5.01. The van der Waals surface area contributed by atoms with E-state index in [0.717, 1.165) is 19.3 Å². The molecule has 0 radical (unpaired) electrons. The number of amides is 2. The monoisotopic (exact) mass is 440 g/mol. The Labute approximate surface area is 188 Å². The van der Waals surface area contributed by atoms with E-state index in [0.29, 0.717) is 6.42 Å². The highest BCUT2D eigenvalue weighted by atomic mass is 16.6. The molecule has 31 heavy (non-hydrogen) atoms. The summed E-state index contributed by atoms with van der Waals surface area (Å²) in [5.41, 5.74) is -0.643. The number of carbonyl (C=O) groups is 3. The molecule has 2 N–H and O–H groups in total. The van der Waals surface area contributed by atoms with Gasteiger partial charge in [-0.05, 0) is 27.2 Å². The molecule has 0 aliphatic carbocycles. The van der Waals surface area contributed by atoms with Crippen LogP contribution in [0.3, 0.4) is 0 Å². The van der Waals surface area contributed by atoms with Crippen molar-refractivity contribution in [3.05, 3.63) is 0 Å². The maximum atomic E-state index is 12.1. The van der Waals surface area contributed by atoms with Crippen LogP contribution in [0.4, 0.5) is 4.79 Å². The lowest BCUT2D eigenvalue weighted by molar-refractivity contribution is -0.152. The van der Waals surface area contributed by atoms with Crippen molar-refractivity contribution in [3.63, 3.8) is 0 Å². The van der Waals surface area contributed by atoms with Crippen LogP contribution in [0, 0.1) is 0 Å². The second kappa shape index (κ2) is 15.1. The molecule has 1 heterocycles. The van der Waals surface area contributed by atoms with Gasteiger partial charge in [-0.15, -0.1) is 0 Å². The van der Waals surface area contributed by atoms with Gasteiger partial charge in [0.2, 0.25) is 5.91 Å². The van der Waals surface area contributed by atoms with E-state index in [2.05, 4.69) is 17.6 Å². The third kappa shape index (κ3) is 14.0. The number of ether oxygens (including phenoxy) is 2. The van der Waals surface area contributed by atoms with Crippen molar-refractivity contribution < 1.29 is 23.9 Å². The highest BCUT2D eigenvalue weighted by molar-refractivity contribution is 5.86. The Hall–Kier alpha value is -1.79. The lowest BCUT2D eigenvalue weighted by atomic mass is 10.0. The normalized spacial score (nSPS) is 18.9. The molecule has 0 bridgehead atoms. The smallest absolute Gasteiger partial charge is 0.408 e. The molecule has 1 aliphatic heterocycles. The van der Waals surface area contributed by atoms with Crippen molar-refractivity contribution in [3.8, 4) is 0 Å². The summed E-state index contributed by atoms with van der Waals surface area (Å²) in [5.74, 6) is -0.531. The molecule has 1 aliphatic rings. The molecular weight excluding hydrogens is 396 g/mol. The Morgan fingerprint density at radius 1 is 0.968 bits per heavy atom. The summed E-state index contributed by atoms with van der Waals surface area (Å²) in [6.07, 6.45) is 13.1. The molecule has 0 spiro atoms.